The van der Waals surface area contributed by atoms with Gasteiger partial charge in [-0.05, 0) is 167 Å². The molecule has 0 aliphatic heterocycles. The minimum absolute atomic E-state index is 0.0362. The highest BCUT2D eigenvalue weighted by atomic mass is 79.9. The van der Waals surface area contributed by atoms with Crippen molar-refractivity contribution in [2.75, 3.05) is 0 Å². The summed E-state index contributed by atoms with van der Waals surface area (Å²) < 4.78 is 62.0. The van der Waals surface area contributed by atoms with Crippen molar-refractivity contribution < 1.29 is 57.0 Å². The number of benzene rings is 6. The quantitative estimate of drug-likeness (QED) is 0.0476. The summed E-state index contributed by atoms with van der Waals surface area (Å²) in [6.45, 7) is 0.628. The van der Waals surface area contributed by atoms with Crippen LogP contribution >= 0.6 is 15.9 Å². The van der Waals surface area contributed by atoms with E-state index in [-0.39, 0.29) is 57.7 Å². The van der Waals surface area contributed by atoms with Crippen LogP contribution in [-0.4, -0.2) is 60.0 Å². The average Bonchev–Trinajstić information content (AvgIpc) is 4.07. The molecule has 2 heterocycles. The van der Waals surface area contributed by atoms with Crippen molar-refractivity contribution in [3.63, 3.8) is 0 Å². The first-order valence-corrected chi connectivity index (χ1v) is 26.9. The molecule has 16 heteroatoms. The molecule has 8 aromatic rings. The van der Waals surface area contributed by atoms with E-state index in [0.717, 1.165) is 36.8 Å². The molecule has 4 aliphatic carbocycles. The Morgan fingerprint density at radius 1 is 0.526 bits per heavy atom. The largest absolute Gasteiger partial charge is 0.488 e. The van der Waals surface area contributed by atoms with E-state index < -0.39 is 30.7 Å². The number of carbonyl (C=O) groups excluding carboxylic acids is 2. The van der Waals surface area contributed by atoms with Crippen molar-refractivity contribution >= 4 is 73.8 Å². The molecular weight excluding hydrogens is 1070 g/mol. The van der Waals surface area contributed by atoms with E-state index in [2.05, 4.69) is 15.9 Å². The summed E-state index contributed by atoms with van der Waals surface area (Å²) in [6.07, 6.45) is 10.5. The number of fused-ring (bicyclic) bond motifs is 2. The highest BCUT2D eigenvalue weighted by Gasteiger charge is 2.56. The van der Waals surface area contributed by atoms with E-state index in [0.29, 0.717) is 106 Å². The van der Waals surface area contributed by atoms with Gasteiger partial charge in [-0.25, -0.2) is 17.6 Å². The zero-order valence-electron chi connectivity index (χ0n) is 42.4. The summed E-state index contributed by atoms with van der Waals surface area (Å²) in [6, 6.07) is 37.0. The van der Waals surface area contributed by atoms with Crippen LogP contribution in [0.3, 0.4) is 0 Å². The molecule has 0 saturated heterocycles. The normalized spacial score (nSPS) is 21.7. The lowest BCUT2D eigenvalue weighted by Crippen LogP contribution is -2.50. The Morgan fingerprint density at radius 3 is 1.37 bits per heavy atom. The fraction of sp³-hybridized carbons (Fsp3) is 0.290. The Kier molecular flexibility index (Phi) is 15.5. The molecule has 4 fully saturated rings. The molecule has 0 atom stereocenters. The molecule has 2 aromatic heterocycles. The fourth-order valence-electron chi connectivity index (χ4n) is 12.8. The minimum Gasteiger partial charge on any atom is -0.481 e. The van der Waals surface area contributed by atoms with Crippen LogP contribution < -0.4 is 5.46 Å². The van der Waals surface area contributed by atoms with Gasteiger partial charge in [0.2, 0.25) is 0 Å². The number of hydrogen-bond acceptors (Lipinski definition) is 6. The molecule has 4 N–H and O–H groups in total. The first-order chi connectivity index (χ1) is 37.4. The first-order valence-electron chi connectivity index (χ1n) is 26.1. The van der Waals surface area contributed by atoms with Gasteiger partial charge in [0.05, 0.1) is 27.3 Å². The minimum atomic E-state index is -1.34. The van der Waals surface area contributed by atoms with Gasteiger partial charge < -0.3 is 29.4 Å². The van der Waals surface area contributed by atoms with E-state index in [1.54, 1.807) is 77.6 Å². The number of carboxylic acid groups (broad SMARTS) is 2. The highest BCUT2D eigenvalue weighted by Crippen LogP contribution is 2.63. The van der Waals surface area contributed by atoms with Gasteiger partial charge in [0.1, 0.15) is 23.3 Å². The first kappa shape index (κ1) is 54.2. The molecule has 0 bridgehead atoms. The second kappa shape index (κ2) is 22.3. The predicted molar refractivity (Wildman–Crippen MR) is 293 cm³/mol. The van der Waals surface area contributed by atoms with Gasteiger partial charge in [0.25, 0.3) is 0 Å². The molecule has 2 spiro atoms. The zero-order valence-corrected chi connectivity index (χ0v) is 44.0. The maximum absolute atomic E-state index is 14.9. The molecule has 4 saturated carbocycles. The van der Waals surface area contributed by atoms with Crippen molar-refractivity contribution in [2.45, 2.75) is 77.3 Å². The summed E-state index contributed by atoms with van der Waals surface area (Å²) in [5.74, 6) is -3.05. The van der Waals surface area contributed by atoms with E-state index in [9.17, 15) is 36.7 Å². The predicted octanol–water partition coefficient (Wildman–Crippen LogP) is 12.7. The summed E-state index contributed by atoms with van der Waals surface area (Å²) in [5.41, 5.74) is 5.48. The lowest BCUT2D eigenvalue weighted by atomic mass is 9.47. The van der Waals surface area contributed by atoms with Gasteiger partial charge in [-0.3, -0.25) is 19.2 Å². The van der Waals surface area contributed by atoms with Crippen LogP contribution in [0.5, 0.6) is 0 Å². The van der Waals surface area contributed by atoms with Crippen molar-refractivity contribution in [2.24, 2.45) is 34.5 Å². The Labute approximate surface area is 456 Å². The molecule has 12 rings (SSSR count). The summed E-state index contributed by atoms with van der Waals surface area (Å²) >= 11 is 3.14. The van der Waals surface area contributed by atoms with Gasteiger partial charge in [0, 0.05) is 65.8 Å². The SMILES string of the molecule is O=C(CC1CC2(C1)CC(C(=O)O)C2)c1ccc(F)c2ccn(Cc3ccc(-c4ccccc4)c(F)c3)c12.O=C(CC1CC2(C1)CC(C(=O)O)C2)c1ccc(F)c2ccn(Cc3ccc(Br)c(F)c3)c12.OB(O)c1ccccc1. The summed E-state index contributed by atoms with van der Waals surface area (Å²) in [4.78, 5) is 48.7. The van der Waals surface area contributed by atoms with Gasteiger partial charge in [-0.2, -0.15) is 0 Å². The number of ketones is 2. The van der Waals surface area contributed by atoms with Crippen LogP contribution in [0.1, 0.15) is 96.1 Å². The van der Waals surface area contributed by atoms with Gasteiger partial charge >= 0.3 is 19.1 Å². The third-order valence-corrected chi connectivity index (χ3v) is 17.1. The van der Waals surface area contributed by atoms with Crippen LogP contribution in [0, 0.1) is 57.8 Å². The molecule has 6 aromatic carbocycles. The Balaban J connectivity index is 0.000000153. The van der Waals surface area contributed by atoms with Crippen molar-refractivity contribution in [3.05, 3.63) is 196 Å². The third kappa shape index (κ3) is 11.4. The van der Waals surface area contributed by atoms with Crippen LogP contribution in [0.15, 0.2) is 150 Å². The van der Waals surface area contributed by atoms with Crippen molar-refractivity contribution in [1.82, 2.24) is 9.13 Å². The summed E-state index contributed by atoms with van der Waals surface area (Å²) in [7, 11) is -1.34. The third-order valence-electron chi connectivity index (χ3n) is 16.5. The molecule has 78 heavy (non-hydrogen) atoms. The topological polar surface area (TPSA) is 159 Å². The van der Waals surface area contributed by atoms with Crippen molar-refractivity contribution in [3.8, 4) is 11.1 Å². The summed E-state index contributed by atoms with van der Waals surface area (Å²) in [5, 5.41) is 36.2. The van der Waals surface area contributed by atoms with E-state index in [1.165, 1.54) is 30.3 Å². The number of Topliss-reactive ketones (excluding diaryl/α,β-unsaturated/α-hetero) is 2. The monoisotopic (exact) mass is 1120 g/mol. The van der Waals surface area contributed by atoms with E-state index >= 15 is 0 Å². The molecule has 0 unspecified atom stereocenters. The number of carboxylic acids is 2. The van der Waals surface area contributed by atoms with Gasteiger partial charge in [-0.1, -0.05) is 78.9 Å². The molecule has 4 aliphatic rings. The maximum atomic E-state index is 14.9. The smallest absolute Gasteiger partial charge is 0.481 e. The highest BCUT2D eigenvalue weighted by molar-refractivity contribution is 9.10. The van der Waals surface area contributed by atoms with Gasteiger partial charge in [0.15, 0.2) is 11.6 Å². The average molecular weight is 1120 g/mol. The lowest BCUT2D eigenvalue weighted by molar-refractivity contribution is -0.158. The number of aliphatic carboxylic acids is 2. The molecule has 0 radical (unpaired) electrons. The van der Waals surface area contributed by atoms with Crippen molar-refractivity contribution in [1.29, 1.82) is 0 Å². The Morgan fingerprint density at radius 2 is 0.962 bits per heavy atom. The number of halogens is 5. The molecular formula is C62H56BBrF4N2O8. The number of nitrogens with zero attached hydrogens (tertiary/aromatic N) is 2. The fourth-order valence-corrected chi connectivity index (χ4v) is 13.1. The standard InChI is InChI=1S/C31H27F2NO3.C25H22BrF2NO3.C6H7BO2/c32-26-9-8-25(28(35)13-20-14-31(15-20)16-22(17-31)30(36)37)29-24(26)10-11-34(29)18-19-6-7-23(27(33)12-19)21-4-2-1-3-5-21;26-19-3-1-14(7-21(19)28)13-29-6-5-17-20(27)4-2-18(23(17)29)22(30)8-15-9-25(10-15)11-16(12-25)24(31)32;8-7(9)6-4-2-1-3-5-6/h1-12,20,22H,13-18H2,(H,36,37);1-7,15-16H,8-13H2,(H,31,32);1-5,8-9H. The number of hydrogen-bond donors (Lipinski definition) is 4. The van der Waals surface area contributed by atoms with E-state index in [4.69, 9.17) is 20.3 Å². The molecule has 400 valence electrons. The second-order valence-electron chi connectivity index (χ2n) is 22.0. The molecule has 0 amide bonds. The van der Waals surface area contributed by atoms with Crippen LogP contribution in [0.4, 0.5) is 17.6 Å². The number of carbonyl (C=O) groups is 4. The lowest BCUT2D eigenvalue weighted by Gasteiger charge is -2.56. The Bertz CT molecular complexity index is 3560. The van der Waals surface area contributed by atoms with Crippen LogP contribution in [-0.2, 0) is 22.7 Å². The van der Waals surface area contributed by atoms with Crippen LogP contribution in [0.2, 0.25) is 0 Å². The van der Waals surface area contributed by atoms with E-state index in [1.807, 2.05) is 47.0 Å². The number of aromatic nitrogens is 2. The Hall–Kier alpha value is -7.14. The maximum Gasteiger partial charge on any atom is 0.488 e. The number of rotatable bonds is 14. The second-order valence-corrected chi connectivity index (χ2v) is 22.9. The zero-order chi connectivity index (χ0) is 55.0. The van der Waals surface area contributed by atoms with Crippen LogP contribution in [0.25, 0.3) is 32.9 Å². The van der Waals surface area contributed by atoms with Gasteiger partial charge in [-0.15, -0.1) is 0 Å². The molecule has 10 nitrogen and oxygen atoms in total.